The molecule has 3 fully saturated rings. The van der Waals surface area contributed by atoms with Crippen LogP contribution in [0, 0.1) is 16.0 Å². The molecule has 65 heavy (non-hydrogen) atoms. The number of benzene rings is 3. The number of carbonyl (C=O) groups excluding carboxylic acids is 1. The zero-order valence-corrected chi connectivity index (χ0v) is 37.9. The third-order valence-electron chi connectivity index (χ3n) is 13.0. The maximum absolute atomic E-state index is 14.0. The molecule has 4 aliphatic rings. The van der Waals surface area contributed by atoms with E-state index >= 15 is 0 Å². The van der Waals surface area contributed by atoms with Gasteiger partial charge in [0.05, 0.1) is 53.5 Å². The highest BCUT2D eigenvalue weighted by Gasteiger charge is 2.33. The van der Waals surface area contributed by atoms with Gasteiger partial charge in [-0.15, -0.1) is 0 Å². The molecule has 0 unspecified atom stereocenters. The summed E-state index contributed by atoms with van der Waals surface area (Å²) in [5, 5.41) is 16.8. The zero-order valence-electron chi connectivity index (χ0n) is 36.4. The number of ether oxygens (including phenoxy) is 3. The number of H-pyrrole nitrogens is 1. The van der Waals surface area contributed by atoms with Gasteiger partial charge >= 0.3 is 0 Å². The summed E-state index contributed by atoms with van der Waals surface area (Å²) in [5.41, 5.74) is 5.21. The van der Waals surface area contributed by atoms with Crippen LogP contribution >= 0.6 is 11.6 Å². The maximum atomic E-state index is 14.0. The van der Waals surface area contributed by atoms with Gasteiger partial charge in [0.25, 0.3) is 21.6 Å². The zero-order chi connectivity index (χ0) is 45.2. The second-order valence-electron chi connectivity index (χ2n) is 17.5. The molecule has 16 nitrogen and oxygen atoms in total. The van der Waals surface area contributed by atoms with Crippen LogP contribution in [0.4, 0.5) is 17.1 Å². The molecule has 3 saturated heterocycles. The number of carbonyl (C=O) groups is 1. The Balaban J connectivity index is 0.920. The molecule has 0 bridgehead atoms. The van der Waals surface area contributed by atoms with Crippen molar-refractivity contribution >= 4 is 61.2 Å². The minimum atomic E-state index is -4.60. The summed E-state index contributed by atoms with van der Waals surface area (Å²) in [6.45, 7) is 11.2. The highest BCUT2D eigenvalue weighted by Crippen LogP contribution is 2.38. The standard InChI is InChI=1S/C47H53ClN8O8S/c1-30-3-4-34(42(19-30)32-5-7-35(48)8-6-32)26-53-15-16-54(25-31(53)2)36-9-11-41(45(21-36)64-38-20-33-13-14-49-46(33)51-23-38)47(57)52-65(60,61)40-10-12-43(44(22-40)56(58)59)50-24-39-27-55(17-18-63-39)37-28-62-29-37/h5-14,20-23,30-31,37,39,50H,3-4,15-19,24-29H2,1-2H3,(H,49,51)(H,52,57)/t30-,31+,39-/m0/s1. The van der Waals surface area contributed by atoms with Crippen LogP contribution in [0.2, 0.25) is 5.02 Å². The molecule has 3 N–H and O–H groups in total. The fourth-order valence-corrected chi connectivity index (χ4v) is 10.3. The minimum absolute atomic E-state index is 0.0471. The van der Waals surface area contributed by atoms with Crippen LogP contribution in [0.3, 0.4) is 0 Å². The van der Waals surface area contributed by atoms with Gasteiger partial charge in [0, 0.05) is 86.3 Å². The first kappa shape index (κ1) is 44.6. The van der Waals surface area contributed by atoms with Crippen LogP contribution in [-0.2, 0) is 19.5 Å². The van der Waals surface area contributed by atoms with Crippen LogP contribution < -0.4 is 19.7 Å². The molecule has 3 aromatic carbocycles. The number of halogens is 1. The monoisotopic (exact) mass is 924 g/mol. The lowest BCUT2D eigenvalue weighted by atomic mass is 9.81. The van der Waals surface area contributed by atoms with Gasteiger partial charge in [-0.05, 0) is 91.8 Å². The van der Waals surface area contributed by atoms with E-state index in [1.54, 1.807) is 30.5 Å². The van der Waals surface area contributed by atoms with Gasteiger partial charge in [-0.2, -0.15) is 0 Å². The molecule has 3 atom stereocenters. The molecule has 0 radical (unpaired) electrons. The number of amides is 1. The number of nitro benzene ring substituents is 1. The Bertz CT molecular complexity index is 2710. The third-order valence-corrected chi connectivity index (χ3v) is 14.6. The first-order chi connectivity index (χ1) is 31.4. The second-order valence-corrected chi connectivity index (χ2v) is 19.6. The lowest BCUT2D eigenvalue weighted by Crippen LogP contribution is -2.56. The molecule has 1 amide bonds. The number of sulfonamides is 1. The van der Waals surface area contributed by atoms with Gasteiger partial charge in [0.1, 0.15) is 22.8 Å². The van der Waals surface area contributed by atoms with Gasteiger partial charge in [0.2, 0.25) is 0 Å². The number of pyridine rings is 1. The minimum Gasteiger partial charge on any atom is -0.455 e. The van der Waals surface area contributed by atoms with E-state index < -0.39 is 31.4 Å². The predicted molar refractivity (Wildman–Crippen MR) is 249 cm³/mol. The fraction of sp³-hybridized carbons (Fsp3) is 0.404. The molecule has 2 aromatic heterocycles. The largest absolute Gasteiger partial charge is 0.455 e. The van der Waals surface area contributed by atoms with Crippen LogP contribution in [-0.4, -0.2) is 123 Å². The van der Waals surface area contributed by atoms with Crippen LogP contribution in [0.5, 0.6) is 11.5 Å². The Hall–Kier alpha value is -5.56. The lowest BCUT2D eigenvalue weighted by Gasteiger charge is -2.42. The Morgan fingerprint density at radius 1 is 1.03 bits per heavy atom. The number of hydrogen-bond acceptors (Lipinski definition) is 13. The first-order valence-electron chi connectivity index (χ1n) is 22.1. The number of hydrogen-bond donors (Lipinski definition) is 3. The summed E-state index contributed by atoms with van der Waals surface area (Å²) in [4.78, 5) is 39.7. The first-order valence-corrected chi connectivity index (χ1v) is 24.0. The number of aromatic nitrogens is 2. The van der Waals surface area contributed by atoms with E-state index in [9.17, 15) is 23.3 Å². The van der Waals surface area contributed by atoms with Crippen molar-refractivity contribution in [3.63, 3.8) is 0 Å². The second kappa shape index (κ2) is 19.1. The summed E-state index contributed by atoms with van der Waals surface area (Å²) < 4.78 is 47.3. The van der Waals surface area contributed by atoms with E-state index in [2.05, 4.69) is 60.7 Å². The summed E-state index contributed by atoms with van der Waals surface area (Å²) >= 11 is 6.24. The Labute approximate surface area is 383 Å². The number of piperazine rings is 1. The molecule has 5 aromatic rings. The van der Waals surface area contributed by atoms with Gasteiger partial charge in [0.15, 0.2) is 0 Å². The summed E-state index contributed by atoms with van der Waals surface area (Å²) in [6.07, 6.45) is 6.31. The summed E-state index contributed by atoms with van der Waals surface area (Å²) in [7, 11) is -4.60. The molecule has 3 aliphatic heterocycles. The van der Waals surface area contributed by atoms with Crippen molar-refractivity contribution in [2.45, 2.75) is 56.2 Å². The number of anilines is 2. The number of morpholine rings is 1. The SMILES string of the molecule is C[C@H]1CCC(CN2CCN(c3ccc(C(=O)NS(=O)(=O)c4ccc(NC[C@H]5CN(C6COC6)CCO5)c([N+](=O)[O-])c4)c(Oc4cnc5[nH]ccc5c4)c3)C[C@H]2C)=C(c2ccc(Cl)cc2)C1. The van der Waals surface area contributed by atoms with Gasteiger partial charge < -0.3 is 29.4 Å². The Kier molecular flexibility index (Phi) is 13.1. The van der Waals surface area contributed by atoms with E-state index in [0.717, 1.165) is 61.1 Å². The number of fused-ring (bicyclic) bond motifs is 1. The number of aromatic amines is 1. The average Bonchev–Trinajstić information content (AvgIpc) is 3.75. The molecule has 18 heteroatoms. The van der Waals surface area contributed by atoms with Crippen molar-refractivity contribution in [2.24, 2.45) is 5.92 Å². The molecular formula is C47H53ClN8O8S. The molecule has 1 aliphatic carbocycles. The van der Waals surface area contributed by atoms with Crippen molar-refractivity contribution in [3.05, 3.63) is 117 Å². The van der Waals surface area contributed by atoms with Crippen molar-refractivity contribution in [1.82, 2.24) is 24.5 Å². The number of rotatable bonds is 14. The van der Waals surface area contributed by atoms with Gasteiger partial charge in [-0.3, -0.25) is 24.7 Å². The number of nitrogens with one attached hydrogen (secondary N) is 3. The smallest absolute Gasteiger partial charge is 0.293 e. The molecular weight excluding hydrogens is 872 g/mol. The highest BCUT2D eigenvalue weighted by molar-refractivity contribution is 7.90. The fourth-order valence-electron chi connectivity index (χ4n) is 9.18. The molecule has 0 spiro atoms. The number of allylic oxidation sites excluding steroid dienone is 1. The van der Waals surface area contributed by atoms with E-state index in [-0.39, 0.29) is 35.7 Å². The summed E-state index contributed by atoms with van der Waals surface area (Å²) in [5.74, 6) is 0.115. The van der Waals surface area contributed by atoms with Crippen molar-refractivity contribution < 1.29 is 32.3 Å². The maximum Gasteiger partial charge on any atom is 0.293 e. The lowest BCUT2D eigenvalue weighted by molar-refractivity contribution is -0.384. The topological polar surface area (TPSA) is 184 Å². The van der Waals surface area contributed by atoms with E-state index in [1.165, 1.54) is 35.0 Å². The van der Waals surface area contributed by atoms with E-state index in [4.69, 9.17) is 25.8 Å². The predicted octanol–water partition coefficient (Wildman–Crippen LogP) is 7.33. The third kappa shape index (κ3) is 10.1. The van der Waals surface area contributed by atoms with Crippen molar-refractivity contribution in [2.75, 3.05) is 75.9 Å². The quantitative estimate of drug-likeness (QED) is 0.0744. The Morgan fingerprint density at radius 3 is 2.63 bits per heavy atom. The van der Waals surface area contributed by atoms with E-state index in [0.29, 0.717) is 62.8 Å². The summed E-state index contributed by atoms with van der Waals surface area (Å²) in [6, 6.07) is 20.9. The van der Waals surface area contributed by atoms with Gasteiger partial charge in [-0.25, -0.2) is 18.1 Å². The number of nitro groups is 1. The van der Waals surface area contributed by atoms with Crippen molar-refractivity contribution in [1.29, 1.82) is 0 Å². The molecule has 0 saturated carbocycles. The normalized spacial score (nSPS) is 21.3. The molecule has 342 valence electrons. The van der Waals surface area contributed by atoms with Crippen LogP contribution in [0.1, 0.15) is 49.0 Å². The van der Waals surface area contributed by atoms with Gasteiger partial charge in [-0.1, -0.05) is 36.2 Å². The Morgan fingerprint density at radius 2 is 1.86 bits per heavy atom. The molecule has 5 heterocycles. The van der Waals surface area contributed by atoms with Crippen LogP contribution in [0.15, 0.2) is 95.7 Å². The average molecular weight is 926 g/mol. The van der Waals surface area contributed by atoms with E-state index in [1.807, 2.05) is 18.2 Å². The number of nitrogens with zero attached hydrogens (tertiary/aromatic N) is 5. The van der Waals surface area contributed by atoms with Crippen molar-refractivity contribution in [3.8, 4) is 11.5 Å². The highest BCUT2D eigenvalue weighted by atomic mass is 35.5. The van der Waals surface area contributed by atoms with Crippen LogP contribution in [0.25, 0.3) is 16.6 Å². The molecule has 9 rings (SSSR count).